The van der Waals surface area contributed by atoms with Crippen molar-refractivity contribution < 1.29 is 14.6 Å². The number of hydrogen-bond acceptors (Lipinski definition) is 3. The molecule has 1 unspecified atom stereocenters. The summed E-state index contributed by atoms with van der Waals surface area (Å²) in [4.78, 5) is 11.8. The van der Waals surface area contributed by atoms with Gasteiger partial charge in [-0.25, -0.2) is 4.79 Å². The zero-order chi connectivity index (χ0) is 14.3. The second kappa shape index (κ2) is 7.63. The zero-order valence-corrected chi connectivity index (χ0v) is 11.7. The van der Waals surface area contributed by atoms with Gasteiger partial charge in [-0.05, 0) is 43.5 Å². The molecular weight excluding hydrogens is 244 g/mol. The van der Waals surface area contributed by atoms with Gasteiger partial charge in [0.2, 0.25) is 0 Å². The van der Waals surface area contributed by atoms with E-state index in [-0.39, 0.29) is 18.7 Å². The molecule has 0 heterocycles. The van der Waals surface area contributed by atoms with E-state index in [9.17, 15) is 4.79 Å². The average Bonchev–Trinajstić information content (AvgIpc) is 2.40. The van der Waals surface area contributed by atoms with Crippen molar-refractivity contribution in [3.05, 3.63) is 23.8 Å². The molecule has 0 aliphatic heterocycles. The topological polar surface area (TPSA) is 70.6 Å². The Labute approximate surface area is 114 Å². The van der Waals surface area contributed by atoms with Crippen LogP contribution in [-0.4, -0.2) is 30.9 Å². The molecule has 0 fully saturated rings. The molecular formula is C14H22N2O3. The van der Waals surface area contributed by atoms with Crippen LogP contribution >= 0.6 is 0 Å². The van der Waals surface area contributed by atoms with Crippen LogP contribution in [0.15, 0.2) is 18.2 Å². The van der Waals surface area contributed by atoms with Gasteiger partial charge in [0.1, 0.15) is 5.75 Å². The molecule has 0 radical (unpaired) electrons. The van der Waals surface area contributed by atoms with E-state index in [0.717, 1.165) is 23.4 Å². The molecule has 5 heteroatoms. The molecule has 0 spiro atoms. The Bertz CT molecular complexity index is 421. The van der Waals surface area contributed by atoms with E-state index in [0.29, 0.717) is 6.42 Å². The van der Waals surface area contributed by atoms with Gasteiger partial charge in [-0.1, -0.05) is 6.92 Å². The molecule has 3 N–H and O–H groups in total. The van der Waals surface area contributed by atoms with Crippen LogP contribution in [0.25, 0.3) is 0 Å². The standard InChI is InChI=1S/C14H22N2O3/c1-4-11(7-8-17)15-14(18)16-13-6-5-12(19-3)9-10(13)2/h5-6,9,11,17H,4,7-8H2,1-3H3,(H2,15,16,18). The number of carbonyl (C=O) groups excluding carboxylic acids is 1. The van der Waals surface area contributed by atoms with Gasteiger partial charge < -0.3 is 20.5 Å². The van der Waals surface area contributed by atoms with Crippen molar-refractivity contribution in [1.82, 2.24) is 5.32 Å². The minimum atomic E-state index is -0.256. The first-order chi connectivity index (χ1) is 9.10. The first kappa shape index (κ1) is 15.3. The van der Waals surface area contributed by atoms with Crippen molar-refractivity contribution in [2.45, 2.75) is 32.7 Å². The number of aliphatic hydroxyl groups is 1. The number of urea groups is 1. The minimum Gasteiger partial charge on any atom is -0.497 e. The van der Waals surface area contributed by atoms with E-state index in [1.165, 1.54) is 0 Å². The van der Waals surface area contributed by atoms with Gasteiger partial charge in [0.15, 0.2) is 0 Å². The number of anilines is 1. The normalized spacial score (nSPS) is 11.8. The Hall–Kier alpha value is -1.75. The highest BCUT2D eigenvalue weighted by atomic mass is 16.5. The SMILES string of the molecule is CCC(CCO)NC(=O)Nc1ccc(OC)cc1C. The van der Waals surface area contributed by atoms with Gasteiger partial charge in [-0.3, -0.25) is 0 Å². The predicted molar refractivity (Wildman–Crippen MR) is 75.7 cm³/mol. The highest BCUT2D eigenvalue weighted by molar-refractivity contribution is 5.90. The maximum absolute atomic E-state index is 11.8. The van der Waals surface area contributed by atoms with E-state index < -0.39 is 0 Å². The molecule has 106 valence electrons. The van der Waals surface area contributed by atoms with Crippen molar-refractivity contribution in [3.8, 4) is 5.75 Å². The van der Waals surface area contributed by atoms with E-state index in [4.69, 9.17) is 9.84 Å². The summed E-state index contributed by atoms with van der Waals surface area (Å²) in [6.45, 7) is 3.95. The number of amides is 2. The third kappa shape index (κ3) is 4.79. The summed E-state index contributed by atoms with van der Waals surface area (Å²) in [5, 5.41) is 14.5. The largest absolute Gasteiger partial charge is 0.497 e. The second-order valence-electron chi connectivity index (χ2n) is 4.40. The zero-order valence-electron chi connectivity index (χ0n) is 11.7. The first-order valence-corrected chi connectivity index (χ1v) is 6.43. The van der Waals surface area contributed by atoms with Crippen molar-refractivity contribution in [1.29, 1.82) is 0 Å². The van der Waals surface area contributed by atoms with Gasteiger partial charge in [-0.2, -0.15) is 0 Å². The van der Waals surface area contributed by atoms with E-state index in [2.05, 4.69) is 10.6 Å². The number of aliphatic hydroxyl groups excluding tert-OH is 1. The summed E-state index contributed by atoms with van der Waals surface area (Å²) in [7, 11) is 1.61. The van der Waals surface area contributed by atoms with Gasteiger partial charge in [0.05, 0.1) is 7.11 Å². The Balaban J connectivity index is 2.61. The maximum Gasteiger partial charge on any atom is 0.319 e. The third-order valence-corrected chi connectivity index (χ3v) is 2.99. The van der Waals surface area contributed by atoms with Crippen molar-refractivity contribution in [2.75, 3.05) is 19.0 Å². The highest BCUT2D eigenvalue weighted by Gasteiger charge is 2.10. The van der Waals surface area contributed by atoms with Crippen LogP contribution in [0.5, 0.6) is 5.75 Å². The summed E-state index contributed by atoms with van der Waals surface area (Å²) >= 11 is 0. The lowest BCUT2D eigenvalue weighted by Gasteiger charge is -2.17. The number of aryl methyl sites for hydroxylation is 1. The monoisotopic (exact) mass is 266 g/mol. The molecule has 0 aromatic heterocycles. The Morgan fingerprint density at radius 1 is 1.47 bits per heavy atom. The lowest BCUT2D eigenvalue weighted by atomic mass is 10.1. The summed E-state index contributed by atoms with van der Waals surface area (Å²) < 4.78 is 5.11. The Morgan fingerprint density at radius 3 is 2.74 bits per heavy atom. The van der Waals surface area contributed by atoms with Crippen LogP contribution in [0.1, 0.15) is 25.3 Å². The number of methoxy groups -OCH3 is 1. The van der Waals surface area contributed by atoms with Crippen molar-refractivity contribution >= 4 is 11.7 Å². The lowest BCUT2D eigenvalue weighted by molar-refractivity contribution is 0.237. The molecule has 1 aromatic carbocycles. The molecule has 2 amide bonds. The van der Waals surface area contributed by atoms with E-state index in [1.54, 1.807) is 19.2 Å². The van der Waals surface area contributed by atoms with Gasteiger partial charge in [0.25, 0.3) is 0 Å². The van der Waals surface area contributed by atoms with Crippen LogP contribution in [-0.2, 0) is 0 Å². The smallest absolute Gasteiger partial charge is 0.319 e. The highest BCUT2D eigenvalue weighted by Crippen LogP contribution is 2.20. The molecule has 0 saturated heterocycles. The summed E-state index contributed by atoms with van der Waals surface area (Å²) in [5.74, 6) is 0.759. The Kier molecular flexibility index (Phi) is 6.15. The fraction of sp³-hybridized carbons (Fsp3) is 0.500. The first-order valence-electron chi connectivity index (χ1n) is 6.43. The average molecular weight is 266 g/mol. The van der Waals surface area contributed by atoms with E-state index >= 15 is 0 Å². The summed E-state index contributed by atoms with van der Waals surface area (Å²) in [5.41, 5.74) is 1.68. The van der Waals surface area contributed by atoms with E-state index in [1.807, 2.05) is 19.9 Å². The van der Waals surface area contributed by atoms with Gasteiger partial charge >= 0.3 is 6.03 Å². The quantitative estimate of drug-likeness (QED) is 0.740. The fourth-order valence-electron chi connectivity index (χ4n) is 1.78. The third-order valence-electron chi connectivity index (χ3n) is 2.99. The molecule has 0 aliphatic carbocycles. The van der Waals surface area contributed by atoms with Crippen LogP contribution in [0.3, 0.4) is 0 Å². The van der Waals surface area contributed by atoms with Gasteiger partial charge in [0, 0.05) is 18.3 Å². The molecule has 0 aliphatic rings. The maximum atomic E-state index is 11.8. The van der Waals surface area contributed by atoms with Crippen LogP contribution < -0.4 is 15.4 Å². The molecule has 1 rings (SSSR count). The van der Waals surface area contributed by atoms with Crippen molar-refractivity contribution in [2.24, 2.45) is 0 Å². The number of carbonyl (C=O) groups is 1. The molecule has 1 aromatic rings. The molecule has 19 heavy (non-hydrogen) atoms. The molecule has 5 nitrogen and oxygen atoms in total. The van der Waals surface area contributed by atoms with Crippen molar-refractivity contribution in [3.63, 3.8) is 0 Å². The minimum absolute atomic E-state index is 0.0106. The Morgan fingerprint density at radius 2 is 2.21 bits per heavy atom. The molecule has 0 saturated carbocycles. The number of hydrogen-bond donors (Lipinski definition) is 3. The number of rotatable bonds is 6. The number of ether oxygens (including phenoxy) is 1. The molecule has 0 bridgehead atoms. The summed E-state index contributed by atoms with van der Waals surface area (Å²) in [6, 6.07) is 5.20. The van der Waals surface area contributed by atoms with Crippen LogP contribution in [0.2, 0.25) is 0 Å². The number of benzene rings is 1. The fourth-order valence-corrected chi connectivity index (χ4v) is 1.78. The van der Waals surface area contributed by atoms with Gasteiger partial charge in [-0.15, -0.1) is 0 Å². The number of nitrogens with one attached hydrogen (secondary N) is 2. The second-order valence-corrected chi connectivity index (χ2v) is 4.40. The van der Waals surface area contributed by atoms with Crippen LogP contribution in [0.4, 0.5) is 10.5 Å². The molecule has 1 atom stereocenters. The van der Waals surface area contributed by atoms with Crippen LogP contribution in [0, 0.1) is 6.92 Å². The lowest BCUT2D eigenvalue weighted by Crippen LogP contribution is -2.38. The predicted octanol–water partition coefficient (Wildman–Crippen LogP) is 2.29. The summed E-state index contributed by atoms with van der Waals surface area (Å²) in [6.07, 6.45) is 1.35.